The van der Waals surface area contributed by atoms with E-state index in [2.05, 4.69) is 14.1 Å². The number of halogens is 1. The lowest BCUT2D eigenvalue weighted by Crippen LogP contribution is -2.31. The van der Waals surface area contributed by atoms with Crippen molar-refractivity contribution in [3.05, 3.63) is 106 Å². The molecule has 0 radical (unpaired) electrons. The average Bonchev–Trinajstić information content (AvgIpc) is 3.31. The van der Waals surface area contributed by atoms with Crippen molar-refractivity contribution in [1.29, 1.82) is 0 Å². The van der Waals surface area contributed by atoms with Crippen LogP contribution in [0, 0.1) is 0 Å². The molecule has 2 unspecified atom stereocenters. The number of rotatable bonds is 9. The summed E-state index contributed by atoms with van der Waals surface area (Å²) in [7, 11) is 0. The number of anilines is 2. The molecule has 0 bridgehead atoms. The van der Waals surface area contributed by atoms with Crippen LogP contribution in [0.15, 0.2) is 78.9 Å². The Kier molecular flexibility index (Phi) is 8.25. The molecule has 0 fully saturated rings. The Labute approximate surface area is 215 Å². The zero-order valence-corrected chi connectivity index (χ0v) is 21.2. The van der Waals surface area contributed by atoms with Crippen LogP contribution in [0.2, 0.25) is 5.02 Å². The van der Waals surface area contributed by atoms with E-state index in [0.29, 0.717) is 23.6 Å². The van der Waals surface area contributed by atoms with Gasteiger partial charge in [0.05, 0.1) is 29.0 Å². The molecular weight excluding hydrogens is 504 g/mol. The van der Waals surface area contributed by atoms with Crippen molar-refractivity contribution in [3.63, 3.8) is 0 Å². The third-order valence-corrected chi connectivity index (χ3v) is 6.91. The second-order valence-corrected chi connectivity index (χ2v) is 9.52. The van der Waals surface area contributed by atoms with Gasteiger partial charge in [-0.05, 0) is 35.7 Å². The fourth-order valence-corrected chi connectivity index (χ4v) is 5.12. The Morgan fingerprint density at radius 3 is 2.43 bits per heavy atom. The van der Waals surface area contributed by atoms with Gasteiger partial charge in [0.2, 0.25) is 0 Å². The minimum absolute atomic E-state index is 0.167. The molecule has 4 aromatic rings. The highest BCUT2D eigenvalue weighted by molar-refractivity contribution is 7.81. The molecule has 0 saturated carbocycles. The summed E-state index contributed by atoms with van der Waals surface area (Å²) < 4.78 is 32.6. The maximum Gasteiger partial charge on any atom is 0.268 e. The fraction of sp³-hybridized carbons (Fsp3) is 0.160. The summed E-state index contributed by atoms with van der Waals surface area (Å²) in [6, 6.07) is 23.6. The Morgan fingerprint density at radius 1 is 1.09 bits per heavy atom. The second-order valence-electron chi connectivity index (χ2n) is 7.73. The van der Waals surface area contributed by atoms with Crippen molar-refractivity contribution in [3.8, 4) is 0 Å². The number of nitrogens with zero attached hydrogens (tertiary/aromatic N) is 3. The zero-order chi connectivity index (χ0) is 24.8. The van der Waals surface area contributed by atoms with Crippen LogP contribution in [0.1, 0.15) is 46.6 Å². The van der Waals surface area contributed by atoms with Crippen molar-refractivity contribution in [2.24, 2.45) is 0 Å². The van der Waals surface area contributed by atoms with E-state index in [-0.39, 0.29) is 23.1 Å². The standard InChI is InChI=1S/C25H23ClN4O3S2/c1-2-21(18-11-7-4-8-12-18)27-25(31)20-14-13-19(26)16-23(20)30(35(32)33)24-22(28-34-29-24)15-17-9-5-3-6-10-17/h3-14,16,21H,2,15H2,1H3,(H,27,31)(H,32,33). The van der Waals surface area contributed by atoms with Gasteiger partial charge in [-0.15, -0.1) is 0 Å². The Hall–Kier alpha value is -3.11. The number of carbonyl (C=O) groups is 1. The molecule has 1 heterocycles. The first-order valence-corrected chi connectivity index (χ1v) is 13.1. The number of carbonyl (C=O) groups excluding carboxylic acids is 1. The Morgan fingerprint density at radius 2 is 1.77 bits per heavy atom. The molecule has 1 amide bonds. The van der Waals surface area contributed by atoms with E-state index >= 15 is 0 Å². The van der Waals surface area contributed by atoms with Gasteiger partial charge in [-0.1, -0.05) is 79.2 Å². The molecule has 2 N–H and O–H groups in total. The van der Waals surface area contributed by atoms with Gasteiger partial charge < -0.3 is 5.32 Å². The highest BCUT2D eigenvalue weighted by Crippen LogP contribution is 2.34. The first-order valence-electron chi connectivity index (χ1n) is 10.9. The number of nitrogens with one attached hydrogen (secondary N) is 1. The van der Waals surface area contributed by atoms with Crippen LogP contribution in [-0.4, -0.2) is 23.4 Å². The molecule has 0 aliphatic heterocycles. The summed E-state index contributed by atoms with van der Waals surface area (Å²) in [6.07, 6.45) is 1.08. The van der Waals surface area contributed by atoms with E-state index in [1.165, 1.54) is 6.07 Å². The van der Waals surface area contributed by atoms with E-state index in [1.54, 1.807) is 12.1 Å². The summed E-state index contributed by atoms with van der Waals surface area (Å²) in [5.41, 5.74) is 2.83. The highest BCUT2D eigenvalue weighted by atomic mass is 35.5. The summed E-state index contributed by atoms with van der Waals surface area (Å²) in [5.74, 6) is -0.193. The van der Waals surface area contributed by atoms with Crippen molar-refractivity contribution < 1.29 is 13.6 Å². The molecule has 0 aliphatic carbocycles. The maximum absolute atomic E-state index is 13.4. The van der Waals surface area contributed by atoms with E-state index in [4.69, 9.17) is 11.6 Å². The molecule has 10 heteroatoms. The minimum atomic E-state index is -2.54. The van der Waals surface area contributed by atoms with Crippen LogP contribution >= 0.6 is 23.3 Å². The van der Waals surface area contributed by atoms with Gasteiger partial charge in [0.1, 0.15) is 5.69 Å². The molecule has 7 nitrogen and oxygen atoms in total. The van der Waals surface area contributed by atoms with Crippen LogP contribution in [0.25, 0.3) is 0 Å². The number of aromatic nitrogens is 2. The normalized spacial score (nSPS) is 12.7. The van der Waals surface area contributed by atoms with Gasteiger partial charge in [0.25, 0.3) is 17.2 Å². The summed E-state index contributed by atoms with van der Waals surface area (Å²) >= 11 is 4.65. The second kappa shape index (κ2) is 11.5. The maximum atomic E-state index is 13.4. The summed E-state index contributed by atoms with van der Waals surface area (Å²) in [4.78, 5) is 13.4. The van der Waals surface area contributed by atoms with Crippen LogP contribution < -0.4 is 9.62 Å². The van der Waals surface area contributed by atoms with Crippen molar-refractivity contribution in [2.45, 2.75) is 25.8 Å². The lowest BCUT2D eigenvalue weighted by atomic mass is 10.0. The third-order valence-electron chi connectivity index (χ3n) is 5.44. The van der Waals surface area contributed by atoms with E-state index in [9.17, 15) is 13.6 Å². The monoisotopic (exact) mass is 526 g/mol. The van der Waals surface area contributed by atoms with Crippen LogP contribution in [0.3, 0.4) is 0 Å². The van der Waals surface area contributed by atoms with E-state index in [1.807, 2.05) is 67.6 Å². The average molecular weight is 527 g/mol. The van der Waals surface area contributed by atoms with Gasteiger partial charge in [0.15, 0.2) is 5.82 Å². The molecule has 0 aliphatic rings. The number of amides is 1. The Balaban J connectivity index is 1.71. The minimum Gasteiger partial charge on any atom is -0.345 e. The molecule has 1 aromatic heterocycles. The molecule has 2 atom stereocenters. The zero-order valence-electron chi connectivity index (χ0n) is 18.8. The lowest BCUT2D eigenvalue weighted by Gasteiger charge is -2.23. The van der Waals surface area contributed by atoms with Crippen molar-refractivity contribution >= 4 is 52.0 Å². The van der Waals surface area contributed by atoms with Crippen molar-refractivity contribution in [1.82, 2.24) is 14.1 Å². The van der Waals surface area contributed by atoms with Gasteiger partial charge in [-0.3, -0.25) is 9.35 Å². The van der Waals surface area contributed by atoms with Crippen LogP contribution in [0.4, 0.5) is 11.5 Å². The van der Waals surface area contributed by atoms with E-state index in [0.717, 1.165) is 27.2 Å². The highest BCUT2D eigenvalue weighted by Gasteiger charge is 2.28. The quantitative estimate of drug-likeness (QED) is 0.263. The van der Waals surface area contributed by atoms with Gasteiger partial charge >= 0.3 is 0 Å². The molecule has 0 spiro atoms. The number of benzene rings is 3. The first-order chi connectivity index (χ1) is 17.0. The molecule has 3 aromatic carbocycles. The van der Waals surface area contributed by atoms with Crippen LogP contribution in [0.5, 0.6) is 0 Å². The number of hydrogen-bond donors (Lipinski definition) is 2. The lowest BCUT2D eigenvalue weighted by molar-refractivity contribution is 0.0936. The van der Waals surface area contributed by atoms with Crippen LogP contribution in [-0.2, 0) is 17.7 Å². The molecule has 180 valence electrons. The van der Waals surface area contributed by atoms with Gasteiger partial charge in [0, 0.05) is 11.4 Å². The molecule has 0 saturated heterocycles. The fourth-order valence-electron chi connectivity index (χ4n) is 3.74. The van der Waals surface area contributed by atoms with Gasteiger partial charge in [-0.25, -0.2) is 8.51 Å². The van der Waals surface area contributed by atoms with Crippen molar-refractivity contribution in [2.75, 3.05) is 4.31 Å². The third kappa shape index (κ3) is 5.94. The predicted octanol–water partition coefficient (Wildman–Crippen LogP) is 5.94. The summed E-state index contributed by atoms with van der Waals surface area (Å²) in [5, 5.41) is 3.34. The molecule has 35 heavy (non-hydrogen) atoms. The smallest absolute Gasteiger partial charge is 0.268 e. The van der Waals surface area contributed by atoms with E-state index < -0.39 is 17.2 Å². The predicted molar refractivity (Wildman–Crippen MR) is 140 cm³/mol. The van der Waals surface area contributed by atoms with Gasteiger partial charge in [-0.2, -0.15) is 8.75 Å². The topological polar surface area (TPSA) is 95.4 Å². The summed E-state index contributed by atoms with van der Waals surface area (Å²) in [6.45, 7) is 1.98. The number of hydrogen-bond acceptors (Lipinski definition) is 5. The first kappa shape index (κ1) is 25.0. The largest absolute Gasteiger partial charge is 0.345 e. The molecule has 4 rings (SSSR count). The Bertz CT molecular complexity index is 1320. The molecular formula is C25H23ClN4O3S2. The SMILES string of the molecule is CCC(NC(=O)c1ccc(Cl)cc1N(c1nsnc1Cc1ccccc1)S(=O)O)c1ccccc1.